The number of hydrogen-bond acceptors (Lipinski definition) is 3. The third-order valence-corrected chi connectivity index (χ3v) is 4.86. The molecule has 0 amide bonds. The molecule has 0 atom stereocenters. The van der Waals surface area contributed by atoms with E-state index in [1.807, 2.05) is 30.3 Å². The predicted octanol–water partition coefficient (Wildman–Crippen LogP) is 4.63. The maximum absolute atomic E-state index is 8.94. The monoisotopic (exact) mass is 303 g/mol. The van der Waals surface area contributed by atoms with Crippen molar-refractivity contribution >= 4 is 39.2 Å². The molecule has 0 aliphatic carbocycles. The summed E-state index contributed by atoms with van der Waals surface area (Å²) in [6.07, 6.45) is 0. The minimum atomic E-state index is 0.679. The summed E-state index contributed by atoms with van der Waals surface area (Å²) in [7, 11) is 0.733. The summed E-state index contributed by atoms with van der Waals surface area (Å²) in [4.78, 5) is 0. The molecule has 0 saturated carbocycles. The summed E-state index contributed by atoms with van der Waals surface area (Å²) in [6, 6.07) is 22.7. The van der Waals surface area contributed by atoms with Crippen LogP contribution in [0.3, 0.4) is 0 Å². The van der Waals surface area contributed by atoms with Crippen molar-refractivity contribution in [3.8, 4) is 16.9 Å². The highest BCUT2D eigenvalue weighted by Crippen LogP contribution is 2.40. The standard InChI is InChI=1S/C18H12BO2S/c20-19-21-15-7-4-8-16-18(15)14-10-9-13(11-17(14)22-16)12-5-2-1-3-6-12/h1-11,20H. The fraction of sp³-hybridized carbons (Fsp3) is 0. The van der Waals surface area contributed by atoms with Crippen LogP contribution in [0.5, 0.6) is 5.75 Å². The Morgan fingerprint density at radius 3 is 2.50 bits per heavy atom. The number of rotatable bonds is 3. The predicted molar refractivity (Wildman–Crippen MR) is 93.4 cm³/mol. The molecule has 105 valence electrons. The first-order valence-electron chi connectivity index (χ1n) is 7.00. The Hall–Kier alpha value is -2.30. The molecule has 4 aromatic rings. The molecule has 1 radical (unpaired) electrons. The third-order valence-electron chi connectivity index (χ3n) is 3.75. The van der Waals surface area contributed by atoms with Gasteiger partial charge in [-0.05, 0) is 29.3 Å². The van der Waals surface area contributed by atoms with Crippen molar-refractivity contribution < 1.29 is 9.68 Å². The van der Waals surface area contributed by atoms with Crippen molar-refractivity contribution in [3.05, 3.63) is 66.7 Å². The van der Waals surface area contributed by atoms with E-state index in [1.165, 1.54) is 15.8 Å². The van der Waals surface area contributed by atoms with Crippen LogP contribution in [0.25, 0.3) is 31.3 Å². The fourth-order valence-electron chi connectivity index (χ4n) is 2.76. The maximum atomic E-state index is 8.94. The molecule has 0 unspecified atom stereocenters. The van der Waals surface area contributed by atoms with Crippen molar-refractivity contribution in [3.63, 3.8) is 0 Å². The van der Waals surface area contributed by atoms with Gasteiger partial charge in [0.05, 0.1) is 0 Å². The second-order valence-electron chi connectivity index (χ2n) is 5.03. The van der Waals surface area contributed by atoms with Gasteiger partial charge in [0.15, 0.2) is 0 Å². The third kappa shape index (κ3) is 2.17. The Kier molecular flexibility index (Phi) is 3.33. The molecule has 4 heteroatoms. The van der Waals surface area contributed by atoms with Crippen molar-refractivity contribution in [2.24, 2.45) is 0 Å². The molecule has 4 rings (SSSR count). The van der Waals surface area contributed by atoms with E-state index in [0.717, 1.165) is 23.2 Å². The molecule has 0 aliphatic rings. The Morgan fingerprint density at radius 1 is 0.818 bits per heavy atom. The number of thiophene rings is 1. The molecule has 2 nitrogen and oxygen atoms in total. The average molecular weight is 303 g/mol. The highest BCUT2D eigenvalue weighted by Gasteiger charge is 2.11. The summed E-state index contributed by atoms with van der Waals surface area (Å²) in [6.45, 7) is 0. The Bertz CT molecular complexity index is 947. The van der Waals surface area contributed by atoms with Crippen LogP contribution < -0.4 is 4.65 Å². The van der Waals surface area contributed by atoms with Gasteiger partial charge in [-0.1, -0.05) is 48.5 Å². The Balaban J connectivity index is 1.95. The minimum Gasteiger partial charge on any atom is -0.537 e. The molecule has 1 heterocycles. The first-order valence-corrected chi connectivity index (χ1v) is 7.82. The minimum absolute atomic E-state index is 0.679. The van der Waals surface area contributed by atoms with Gasteiger partial charge < -0.3 is 9.68 Å². The van der Waals surface area contributed by atoms with Crippen LogP contribution in [-0.4, -0.2) is 12.7 Å². The van der Waals surface area contributed by atoms with Crippen LogP contribution in [0.1, 0.15) is 0 Å². The molecule has 0 saturated heterocycles. The molecule has 1 N–H and O–H groups in total. The lowest BCUT2D eigenvalue weighted by Gasteiger charge is -2.04. The maximum Gasteiger partial charge on any atom is 0.569 e. The summed E-state index contributed by atoms with van der Waals surface area (Å²) in [5, 5.41) is 11.1. The zero-order chi connectivity index (χ0) is 14.9. The fourth-order valence-corrected chi connectivity index (χ4v) is 3.92. The Labute approximate surface area is 132 Å². The van der Waals surface area contributed by atoms with E-state index in [2.05, 4.69) is 36.4 Å². The van der Waals surface area contributed by atoms with Crippen molar-refractivity contribution in [1.82, 2.24) is 0 Å². The quantitative estimate of drug-likeness (QED) is 0.559. The van der Waals surface area contributed by atoms with Gasteiger partial charge in [0.25, 0.3) is 0 Å². The van der Waals surface area contributed by atoms with E-state index in [-0.39, 0.29) is 0 Å². The molecule has 0 bridgehead atoms. The van der Waals surface area contributed by atoms with Gasteiger partial charge in [-0.15, -0.1) is 11.3 Å². The first kappa shape index (κ1) is 13.4. The lowest BCUT2D eigenvalue weighted by molar-refractivity contribution is 0.457. The summed E-state index contributed by atoms with van der Waals surface area (Å²) in [5.74, 6) is 0.679. The largest absolute Gasteiger partial charge is 0.569 e. The van der Waals surface area contributed by atoms with Gasteiger partial charge in [0.1, 0.15) is 5.75 Å². The van der Waals surface area contributed by atoms with Crippen molar-refractivity contribution in [1.29, 1.82) is 0 Å². The number of benzene rings is 3. The first-order chi connectivity index (χ1) is 10.9. The van der Waals surface area contributed by atoms with Crippen LogP contribution >= 0.6 is 11.3 Å². The molecule has 0 aliphatic heterocycles. The lowest BCUT2D eigenvalue weighted by Crippen LogP contribution is -1.99. The van der Waals surface area contributed by atoms with Gasteiger partial charge in [0.2, 0.25) is 0 Å². The van der Waals surface area contributed by atoms with E-state index in [0.29, 0.717) is 5.75 Å². The van der Waals surface area contributed by atoms with Crippen LogP contribution in [-0.2, 0) is 0 Å². The van der Waals surface area contributed by atoms with Crippen LogP contribution in [0, 0.1) is 0 Å². The summed E-state index contributed by atoms with van der Waals surface area (Å²) < 4.78 is 7.60. The van der Waals surface area contributed by atoms with Crippen LogP contribution in [0.2, 0.25) is 0 Å². The number of fused-ring (bicyclic) bond motifs is 3. The van der Waals surface area contributed by atoms with Crippen LogP contribution in [0.4, 0.5) is 0 Å². The molecular weight excluding hydrogens is 291 g/mol. The normalized spacial score (nSPS) is 11.0. The van der Waals surface area contributed by atoms with Gasteiger partial charge >= 0.3 is 7.69 Å². The second kappa shape index (κ2) is 5.48. The molecule has 22 heavy (non-hydrogen) atoms. The molecule has 1 aromatic heterocycles. The zero-order valence-electron chi connectivity index (χ0n) is 11.7. The van der Waals surface area contributed by atoms with E-state index in [4.69, 9.17) is 9.68 Å². The molecule has 3 aromatic carbocycles. The second-order valence-corrected chi connectivity index (χ2v) is 6.12. The van der Waals surface area contributed by atoms with Crippen molar-refractivity contribution in [2.75, 3.05) is 0 Å². The van der Waals surface area contributed by atoms with E-state index < -0.39 is 0 Å². The van der Waals surface area contributed by atoms with Crippen molar-refractivity contribution in [2.45, 2.75) is 0 Å². The van der Waals surface area contributed by atoms with Crippen LogP contribution in [0.15, 0.2) is 66.7 Å². The molecular formula is C18H12BO2S. The van der Waals surface area contributed by atoms with E-state index in [1.54, 1.807) is 11.3 Å². The highest BCUT2D eigenvalue weighted by molar-refractivity contribution is 7.25. The smallest absolute Gasteiger partial charge is 0.537 e. The van der Waals surface area contributed by atoms with Gasteiger partial charge in [-0.3, -0.25) is 0 Å². The van der Waals surface area contributed by atoms with E-state index in [9.17, 15) is 0 Å². The Morgan fingerprint density at radius 2 is 1.68 bits per heavy atom. The molecule has 0 fully saturated rings. The average Bonchev–Trinajstić information content (AvgIpc) is 2.94. The highest BCUT2D eigenvalue weighted by atomic mass is 32.1. The van der Waals surface area contributed by atoms with Gasteiger partial charge in [-0.25, -0.2) is 0 Å². The van der Waals surface area contributed by atoms with Gasteiger partial charge in [0, 0.05) is 20.2 Å². The number of hydrogen-bond donors (Lipinski definition) is 1. The SMILES string of the molecule is O[B]Oc1cccc2sc3cc(-c4ccccc4)ccc3c12. The zero-order valence-corrected chi connectivity index (χ0v) is 12.5. The van der Waals surface area contributed by atoms with Gasteiger partial charge in [-0.2, -0.15) is 0 Å². The lowest BCUT2D eigenvalue weighted by atomic mass is 10.0. The summed E-state index contributed by atoms with van der Waals surface area (Å²) >= 11 is 1.74. The van der Waals surface area contributed by atoms with E-state index >= 15 is 0 Å². The summed E-state index contributed by atoms with van der Waals surface area (Å²) in [5.41, 5.74) is 2.41. The molecule has 0 spiro atoms. The topological polar surface area (TPSA) is 29.5 Å².